The Labute approximate surface area is 169 Å². The van der Waals surface area contributed by atoms with Crippen LogP contribution < -0.4 is 15.1 Å². The zero-order chi connectivity index (χ0) is 20.6. The molecule has 0 spiro atoms. The second-order valence-electron chi connectivity index (χ2n) is 6.67. The first-order valence-electron chi connectivity index (χ1n) is 9.44. The lowest BCUT2D eigenvalue weighted by Crippen LogP contribution is -2.36. The topological polar surface area (TPSA) is 96.9 Å². The number of hydrogen-bond acceptors (Lipinski definition) is 8. The van der Waals surface area contributed by atoms with Crippen LogP contribution in [-0.4, -0.2) is 67.8 Å². The van der Waals surface area contributed by atoms with Crippen LogP contribution >= 0.6 is 0 Å². The lowest BCUT2D eigenvalue weighted by atomic mass is 10.2. The molecule has 0 aliphatic carbocycles. The van der Waals surface area contributed by atoms with Crippen molar-refractivity contribution in [2.45, 2.75) is 13.0 Å². The minimum atomic E-state index is -0.925. The van der Waals surface area contributed by atoms with E-state index in [2.05, 4.69) is 20.2 Å². The quantitative estimate of drug-likeness (QED) is 0.697. The number of benzene rings is 1. The fraction of sp³-hybridized carbons (Fsp3) is 0.400. The minimum absolute atomic E-state index is 0.0596. The highest BCUT2D eigenvalue weighted by Crippen LogP contribution is 2.19. The predicted octanol–water partition coefficient (Wildman–Crippen LogP) is 1.32. The van der Waals surface area contributed by atoms with Crippen molar-refractivity contribution in [3.63, 3.8) is 0 Å². The van der Waals surface area contributed by atoms with Gasteiger partial charge in [0.05, 0.1) is 13.2 Å². The van der Waals surface area contributed by atoms with E-state index in [4.69, 9.17) is 9.47 Å². The summed E-state index contributed by atoms with van der Waals surface area (Å²) < 4.78 is 10.6. The molecule has 9 nitrogen and oxygen atoms in total. The Hall–Kier alpha value is -3.20. The summed E-state index contributed by atoms with van der Waals surface area (Å²) in [5, 5.41) is 2.76. The van der Waals surface area contributed by atoms with Crippen LogP contribution in [0.5, 0.6) is 0 Å². The molecule has 1 fully saturated rings. The molecule has 1 aliphatic rings. The first kappa shape index (κ1) is 20.5. The Kier molecular flexibility index (Phi) is 6.96. The fourth-order valence-corrected chi connectivity index (χ4v) is 2.86. The summed E-state index contributed by atoms with van der Waals surface area (Å²) in [7, 11) is 1.68. The summed E-state index contributed by atoms with van der Waals surface area (Å²) in [4.78, 5) is 36.3. The smallest absolute Gasteiger partial charge is 0.326 e. The molecule has 1 saturated heterocycles. The average molecular weight is 399 g/mol. The van der Waals surface area contributed by atoms with Gasteiger partial charge < -0.3 is 24.6 Å². The first-order valence-corrected chi connectivity index (χ1v) is 9.44. The lowest BCUT2D eigenvalue weighted by molar-refractivity contribution is -0.151. The molecule has 2 heterocycles. The lowest BCUT2D eigenvalue weighted by Gasteiger charge is -2.29. The molecule has 0 saturated carbocycles. The summed E-state index contributed by atoms with van der Waals surface area (Å²) in [6, 6.07) is 9.25. The summed E-state index contributed by atoms with van der Waals surface area (Å²) in [6.45, 7) is 4.60. The van der Waals surface area contributed by atoms with Crippen LogP contribution in [0.25, 0.3) is 0 Å². The Morgan fingerprint density at radius 3 is 2.52 bits per heavy atom. The number of likely N-dealkylation sites (N-methyl/N-ethyl adjacent to an activating group) is 1. The third-order valence-electron chi connectivity index (χ3n) is 4.45. The molecule has 1 aliphatic heterocycles. The van der Waals surface area contributed by atoms with Crippen LogP contribution in [0.15, 0.2) is 42.7 Å². The largest absolute Gasteiger partial charge is 0.451 e. The van der Waals surface area contributed by atoms with E-state index < -0.39 is 18.0 Å². The van der Waals surface area contributed by atoms with Gasteiger partial charge in [-0.05, 0) is 37.3 Å². The zero-order valence-electron chi connectivity index (χ0n) is 16.6. The summed E-state index contributed by atoms with van der Waals surface area (Å²) >= 11 is 0. The number of esters is 1. The number of hydrogen-bond donors (Lipinski definition) is 1. The standard InChI is InChI=1S/C20H25N5O4/c1-15(29-18(26)14-24(2)20-21-8-3-9-22-20)19(27)23-16-4-6-17(7-5-16)25-10-12-28-13-11-25/h3-9,15H,10-14H2,1-2H3,(H,23,27). The van der Waals surface area contributed by atoms with Gasteiger partial charge in [0.1, 0.15) is 6.54 Å². The van der Waals surface area contributed by atoms with Gasteiger partial charge in [0.15, 0.2) is 6.10 Å². The summed E-state index contributed by atoms with van der Waals surface area (Å²) in [5.74, 6) is -0.525. The number of morpholine rings is 1. The molecule has 1 atom stereocenters. The van der Waals surface area contributed by atoms with Crippen molar-refractivity contribution in [1.82, 2.24) is 9.97 Å². The molecule has 2 aromatic rings. The zero-order valence-corrected chi connectivity index (χ0v) is 16.6. The number of amides is 1. The molecule has 1 N–H and O–H groups in total. The number of rotatable bonds is 7. The fourth-order valence-electron chi connectivity index (χ4n) is 2.86. The van der Waals surface area contributed by atoms with Gasteiger partial charge in [-0.25, -0.2) is 9.97 Å². The van der Waals surface area contributed by atoms with Crippen LogP contribution in [0.3, 0.4) is 0 Å². The summed E-state index contributed by atoms with van der Waals surface area (Å²) in [6.07, 6.45) is 2.25. The maximum atomic E-state index is 12.3. The van der Waals surface area contributed by atoms with E-state index in [0.717, 1.165) is 18.8 Å². The molecule has 29 heavy (non-hydrogen) atoms. The van der Waals surface area contributed by atoms with Gasteiger partial charge in [-0.3, -0.25) is 9.59 Å². The van der Waals surface area contributed by atoms with Crippen molar-refractivity contribution < 1.29 is 19.1 Å². The number of aromatic nitrogens is 2. The number of anilines is 3. The van der Waals surface area contributed by atoms with Gasteiger partial charge in [-0.2, -0.15) is 0 Å². The SMILES string of the molecule is CC(OC(=O)CN(C)c1ncccn1)C(=O)Nc1ccc(N2CCOCC2)cc1. The van der Waals surface area contributed by atoms with Crippen molar-refractivity contribution in [2.24, 2.45) is 0 Å². The van der Waals surface area contributed by atoms with E-state index in [9.17, 15) is 9.59 Å². The molecule has 1 amide bonds. The van der Waals surface area contributed by atoms with Crippen molar-refractivity contribution in [3.8, 4) is 0 Å². The third-order valence-corrected chi connectivity index (χ3v) is 4.45. The Balaban J connectivity index is 1.47. The highest BCUT2D eigenvalue weighted by atomic mass is 16.5. The van der Waals surface area contributed by atoms with E-state index in [1.165, 1.54) is 6.92 Å². The molecular weight excluding hydrogens is 374 g/mol. The Morgan fingerprint density at radius 1 is 1.21 bits per heavy atom. The second-order valence-corrected chi connectivity index (χ2v) is 6.67. The van der Waals surface area contributed by atoms with Crippen LogP contribution in [0, 0.1) is 0 Å². The molecule has 3 rings (SSSR count). The molecule has 0 radical (unpaired) electrons. The Bertz CT molecular complexity index is 809. The molecule has 1 aromatic carbocycles. The number of ether oxygens (including phenoxy) is 2. The van der Waals surface area contributed by atoms with E-state index >= 15 is 0 Å². The number of nitrogens with one attached hydrogen (secondary N) is 1. The van der Waals surface area contributed by atoms with Gasteiger partial charge in [0.2, 0.25) is 5.95 Å². The van der Waals surface area contributed by atoms with Crippen molar-refractivity contribution in [3.05, 3.63) is 42.7 Å². The van der Waals surface area contributed by atoms with Gasteiger partial charge in [0.25, 0.3) is 5.91 Å². The van der Waals surface area contributed by atoms with Gasteiger partial charge in [-0.15, -0.1) is 0 Å². The molecule has 154 valence electrons. The number of nitrogens with zero attached hydrogens (tertiary/aromatic N) is 4. The molecule has 1 aromatic heterocycles. The minimum Gasteiger partial charge on any atom is -0.451 e. The van der Waals surface area contributed by atoms with Gasteiger partial charge >= 0.3 is 5.97 Å². The molecule has 9 heteroatoms. The Morgan fingerprint density at radius 2 is 1.86 bits per heavy atom. The van der Waals surface area contributed by atoms with Gasteiger partial charge in [0, 0.05) is 43.9 Å². The monoisotopic (exact) mass is 399 g/mol. The predicted molar refractivity (Wildman–Crippen MR) is 109 cm³/mol. The third kappa shape index (κ3) is 5.89. The van der Waals surface area contributed by atoms with Crippen LogP contribution in [0.2, 0.25) is 0 Å². The summed E-state index contributed by atoms with van der Waals surface area (Å²) in [5.41, 5.74) is 1.72. The van der Waals surface area contributed by atoms with Gasteiger partial charge in [-0.1, -0.05) is 0 Å². The van der Waals surface area contributed by atoms with Crippen molar-refractivity contribution in [1.29, 1.82) is 0 Å². The van der Waals surface area contributed by atoms with E-state index in [1.54, 1.807) is 30.4 Å². The molecular formula is C20H25N5O4. The van der Waals surface area contributed by atoms with Crippen molar-refractivity contribution >= 4 is 29.2 Å². The highest BCUT2D eigenvalue weighted by Gasteiger charge is 2.20. The van der Waals surface area contributed by atoms with E-state index in [0.29, 0.717) is 24.8 Å². The maximum absolute atomic E-state index is 12.3. The van der Waals surface area contributed by atoms with E-state index in [-0.39, 0.29) is 6.54 Å². The average Bonchev–Trinajstić information content (AvgIpc) is 2.75. The second kappa shape index (κ2) is 9.83. The number of carbonyl (C=O) groups excluding carboxylic acids is 2. The number of carbonyl (C=O) groups is 2. The van der Waals surface area contributed by atoms with Crippen LogP contribution in [-0.2, 0) is 19.1 Å². The first-order chi connectivity index (χ1) is 14.0. The van der Waals surface area contributed by atoms with Crippen molar-refractivity contribution in [2.75, 3.05) is 55.0 Å². The normalized spacial score (nSPS) is 14.8. The maximum Gasteiger partial charge on any atom is 0.326 e. The van der Waals surface area contributed by atoms with Crippen LogP contribution in [0.4, 0.5) is 17.3 Å². The van der Waals surface area contributed by atoms with Crippen LogP contribution in [0.1, 0.15) is 6.92 Å². The highest BCUT2D eigenvalue weighted by molar-refractivity contribution is 5.95. The molecule has 0 bridgehead atoms. The van der Waals surface area contributed by atoms with E-state index in [1.807, 2.05) is 24.3 Å². The molecule has 1 unspecified atom stereocenters.